The zero-order valence-corrected chi connectivity index (χ0v) is 42.1. The Labute approximate surface area is 419 Å². The molecule has 0 saturated heterocycles. The maximum Gasteiger partial charge on any atom is 0.180 e. The smallest absolute Gasteiger partial charge is 0.0623 e. The molecule has 0 heterocycles. The van der Waals surface area contributed by atoms with Crippen LogP contribution < -0.4 is 41.5 Å². The zero-order valence-electron chi connectivity index (χ0n) is 40.1. The van der Waals surface area contributed by atoms with Gasteiger partial charge in [0.15, 0.2) is 16.1 Å². The summed E-state index contributed by atoms with van der Waals surface area (Å²) in [5.41, 5.74) is 7.71. The average molecular weight is 937 g/mol. The first kappa shape index (κ1) is 42.9. The van der Waals surface area contributed by atoms with Crippen molar-refractivity contribution in [3.05, 3.63) is 290 Å². The van der Waals surface area contributed by atoms with Crippen LogP contribution in [-0.2, 0) is 5.41 Å². The fourth-order valence-corrected chi connectivity index (χ4v) is 22.5. The molecule has 0 radical (unpaired) electrons. The summed E-state index contributed by atoms with van der Waals surface area (Å²) in [7, 11) is -5.60. The van der Waals surface area contributed by atoms with Crippen molar-refractivity contribution in [2.24, 2.45) is 0 Å². The minimum absolute atomic E-state index is 0.241. The summed E-state index contributed by atoms with van der Waals surface area (Å²) < 4.78 is 0. The van der Waals surface area contributed by atoms with Gasteiger partial charge in [-0.1, -0.05) is 281 Å². The first-order valence-electron chi connectivity index (χ1n) is 25.0. The first-order chi connectivity index (χ1) is 35.0. The molecule has 0 fully saturated rings. The highest BCUT2D eigenvalue weighted by Crippen LogP contribution is 2.50. The van der Waals surface area contributed by atoms with Gasteiger partial charge in [0.2, 0.25) is 0 Å². The molecule has 0 saturated carbocycles. The third kappa shape index (κ3) is 6.56. The third-order valence-corrected chi connectivity index (χ3v) is 25.5. The Bertz CT molecular complexity index is 3730. The Hall–Kier alpha value is -8.15. The standard InChI is InChI=1S/C69H52Si2/c1-69(2)66-45-49(41-43-60(66)61-44-42-56(46-67(61)69)70(50-25-9-3-10-26-50,51-27-11-4-12-28-51)52-29-13-5-14-30-52)63-47-64-59-39-23-24-40-62(59)68(48-65(64)58-38-22-21-37-57(58)63)71(53-31-15-6-16-32-53,54-33-17-7-18-34-54)55-35-19-8-20-36-55/h3-48H,1-2H3. The normalized spacial score (nSPS) is 13.0. The van der Waals surface area contributed by atoms with E-state index in [-0.39, 0.29) is 5.41 Å². The molecule has 0 unspecified atom stereocenters. The molecule has 0 aromatic heterocycles. The van der Waals surface area contributed by atoms with Crippen LogP contribution in [0.5, 0.6) is 0 Å². The predicted molar refractivity (Wildman–Crippen MR) is 309 cm³/mol. The molecular weight excluding hydrogens is 885 g/mol. The average Bonchev–Trinajstić information content (AvgIpc) is 3.67. The molecule has 1 aliphatic carbocycles. The maximum absolute atomic E-state index is 2.88. The second-order valence-corrected chi connectivity index (χ2v) is 27.5. The van der Waals surface area contributed by atoms with Gasteiger partial charge in [-0.05, 0) is 119 Å². The van der Waals surface area contributed by atoms with Crippen LogP contribution in [0, 0.1) is 0 Å². The number of benzene rings is 12. The molecule has 0 N–H and O–H groups in total. The molecule has 1 aliphatic rings. The molecule has 13 rings (SSSR count). The van der Waals surface area contributed by atoms with Gasteiger partial charge in [-0.15, -0.1) is 0 Å². The first-order valence-corrected chi connectivity index (χ1v) is 29.0. The Balaban J connectivity index is 1.01. The highest BCUT2D eigenvalue weighted by molar-refractivity contribution is 7.21. The van der Waals surface area contributed by atoms with Crippen LogP contribution in [0.1, 0.15) is 25.0 Å². The lowest BCUT2D eigenvalue weighted by atomic mass is 9.81. The number of hydrogen-bond donors (Lipinski definition) is 0. The molecular formula is C69H52Si2. The van der Waals surface area contributed by atoms with Crippen molar-refractivity contribution in [2.45, 2.75) is 19.3 Å². The summed E-state index contributed by atoms with van der Waals surface area (Å²) in [6.45, 7) is 4.88. The second kappa shape index (κ2) is 17.1. The summed E-state index contributed by atoms with van der Waals surface area (Å²) in [4.78, 5) is 0. The van der Waals surface area contributed by atoms with Crippen molar-refractivity contribution >= 4 is 90.0 Å². The molecule has 0 nitrogen and oxygen atoms in total. The Kier molecular flexibility index (Phi) is 10.3. The molecule has 0 amide bonds. The van der Waals surface area contributed by atoms with Crippen molar-refractivity contribution < 1.29 is 0 Å². The van der Waals surface area contributed by atoms with E-state index in [0.717, 1.165) is 0 Å². The van der Waals surface area contributed by atoms with E-state index in [1.807, 2.05) is 0 Å². The molecule has 71 heavy (non-hydrogen) atoms. The number of fused-ring (bicyclic) bond motifs is 8. The number of hydrogen-bond acceptors (Lipinski definition) is 0. The quantitative estimate of drug-likeness (QED) is 0.0769. The van der Waals surface area contributed by atoms with Gasteiger partial charge < -0.3 is 0 Å². The Morgan fingerprint density at radius 3 is 1.06 bits per heavy atom. The zero-order chi connectivity index (χ0) is 47.6. The summed E-state index contributed by atoms with van der Waals surface area (Å²) in [5.74, 6) is 0. The number of rotatable bonds is 9. The molecule has 12 aromatic rings. The molecule has 12 aromatic carbocycles. The van der Waals surface area contributed by atoms with E-state index in [2.05, 4.69) is 293 Å². The second-order valence-electron chi connectivity index (χ2n) is 19.9. The summed E-state index contributed by atoms with van der Waals surface area (Å²) >= 11 is 0. The monoisotopic (exact) mass is 936 g/mol. The predicted octanol–water partition coefficient (Wildman–Crippen LogP) is 11.9. The minimum atomic E-state index is -2.88. The van der Waals surface area contributed by atoms with Gasteiger partial charge in [0.05, 0.1) is 0 Å². The summed E-state index contributed by atoms with van der Waals surface area (Å²) in [5, 5.41) is 18.9. The lowest BCUT2D eigenvalue weighted by molar-refractivity contribution is 0.661. The molecule has 0 spiro atoms. The van der Waals surface area contributed by atoms with Gasteiger partial charge in [-0.25, -0.2) is 0 Å². The van der Waals surface area contributed by atoms with E-state index in [4.69, 9.17) is 0 Å². The van der Waals surface area contributed by atoms with E-state index >= 15 is 0 Å². The van der Waals surface area contributed by atoms with Crippen LogP contribution in [0.2, 0.25) is 0 Å². The van der Waals surface area contributed by atoms with Crippen LogP contribution in [-0.4, -0.2) is 16.1 Å². The van der Waals surface area contributed by atoms with Gasteiger partial charge in [-0.2, -0.15) is 0 Å². The van der Waals surface area contributed by atoms with E-state index in [1.54, 1.807) is 0 Å². The maximum atomic E-state index is 2.59. The fraction of sp³-hybridized carbons (Fsp3) is 0.0435. The Morgan fingerprint density at radius 1 is 0.239 bits per heavy atom. The Morgan fingerprint density at radius 2 is 0.592 bits per heavy atom. The molecule has 2 heteroatoms. The minimum Gasteiger partial charge on any atom is -0.0623 e. The van der Waals surface area contributed by atoms with Crippen molar-refractivity contribution in [3.8, 4) is 22.3 Å². The molecule has 0 aliphatic heterocycles. The fourth-order valence-electron chi connectivity index (χ4n) is 12.7. The molecule has 0 atom stereocenters. The largest absolute Gasteiger partial charge is 0.180 e. The van der Waals surface area contributed by atoms with Crippen LogP contribution >= 0.6 is 0 Å². The van der Waals surface area contributed by atoms with Crippen molar-refractivity contribution in [3.63, 3.8) is 0 Å². The summed E-state index contributed by atoms with van der Waals surface area (Å²) in [6, 6.07) is 106. The lowest BCUT2D eigenvalue weighted by Gasteiger charge is -2.35. The van der Waals surface area contributed by atoms with Crippen LogP contribution in [0.3, 0.4) is 0 Å². The van der Waals surface area contributed by atoms with Gasteiger partial charge in [0, 0.05) is 5.41 Å². The van der Waals surface area contributed by atoms with E-state index in [0.29, 0.717) is 0 Å². The highest BCUT2D eigenvalue weighted by Gasteiger charge is 2.45. The van der Waals surface area contributed by atoms with Crippen LogP contribution in [0.25, 0.3) is 54.6 Å². The van der Waals surface area contributed by atoms with Gasteiger partial charge >= 0.3 is 0 Å². The summed E-state index contributed by atoms with van der Waals surface area (Å²) in [6.07, 6.45) is 0. The van der Waals surface area contributed by atoms with Gasteiger partial charge in [-0.3, -0.25) is 0 Å². The lowest BCUT2D eigenvalue weighted by Crippen LogP contribution is -2.74. The van der Waals surface area contributed by atoms with Gasteiger partial charge in [0.1, 0.15) is 0 Å². The van der Waals surface area contributed by atoms with Crippen LogP contribution in [0.15, 0.2) is 279 Å². The molecule has 0 bridgehead atoms. The van der Waals surface area contributed by atoms with Gasteiger partial charge in [0.25, 0.3) is 0 Å². The van der Waals surface area contributed by atoms with Crippen molar-refractivity contribution in [1.82, 2.24) is 0 Å². The molecule has 336 valence electrons. The van der Waals surface area contributed by atoms with E-state index in [1.165, 1.54) is 107 Å². The van der Waals surface area contributed by atoms with Crippen molar-refractivity contribution in [1.29, 1.82) is 0 Å². The van der Waals surface area contributed by atoms with E-state index in [9.17, 15) is 0 Å². The SMILES string of the molecule is CC1(C)c2cc(-c3cc4c5ccccc5c([Si](c5ccccc5)(c5ccccc5)c5ccccc5)cc4c4ccccc34)ccc2-c2ccc([Si](c3ccccc3)(c3ccccc3)c3ccccc3)cc21. The third-order valence-electron chi connectivity index (χ3n) is 15.9. The topological polar surface area (TPSA) is 0 Å². The van der Waals surface area contributed by atoms with E-state index < -0.39 is 16.1 Å². The van der Waals surface area contributed by atoms with Crippen LogP contribution in [0.4, 0.5) is 0 Å². The highest BCUT2D eigenvalue weighted by atomic mass is 28.3. The van der Waals surface area contributed by atoms with Crippen molar-refractivity contribution in [2.75, 3.05) is 0 Å².